The molecule has 24 heavy (non-hydrogen) atoms. The van der Waals surface area contributed by atoms with Crippen molar-refractivity contribution >= 4 is 17.5 Å². The Bertz CT molecular complexity index is 675. The Balaban J connectivity index is 1.69. The van der Waals surface area contributed by atoms with Gasteiger partial charge in [-0.3, -0.25) is 0 Å². The lowest BCUT2D eigenvalue weighted by Crippen LogP contribution is -2.19. The number of hydrogen-bond donors (Lipinski definition) is 2. The minimum absolute atomic E-state index is 0.259. The Labute approximate surface area is 141 Å². The summed E-state index contributed by atoms with van der Waals surface area (Å²) in [6.45, 7) is 1.59. The number of benzene rings is 1. The first-order valence-electron chi connectivity index (χ1n) is 7.96. The minimum Gasteiger partial charge on any atom is -0.497 e. The number of aromatic nitrogens is 2. The summed E-state index contributed by atoms with van der Waals surface area (Å²) in [5, 5.41) is 6.46. The van der Waals surface area contributed by atoms with E-state index in [1.807, 2.05) is 24.3 Å². The molecule has 1 saturated heterocycles. The van der Waals surface area contributed by atoms with Gasteiger partial charge in [0.2, 0.25) is 5.95 Å². The summed E-state index contributed by atoms with van der Waals surface area (Å²) in [5.74, 6) is 2.66. The van der Waals surface area contributed by atoms with Crippen molar-refractivity contribution in [3.05, 3.63) is 30.5 Å². The van der Waals surface area contributed by atoms with Crippen molar-refractivity contribution in [1.82, 2.24) is 9.97 Å². The van der Waals surface area contributed by atoms with Crippen LogP contribution >= 0.6 is 0 Å². The molecular formula is C17H22N4O3. The number of nitrogens with one attached hydrogen (secondary N) is 2. The van der Waals surface area contributed by atoms with Crippen LogP contribution in [0, 0.1) is 0 Å². The van der Waals surface area contributed by atoms with E-state index in [1.165, 1.54) is 0 Å². The van der Waals surface area contributed by atoms with Gasteiger partial charge in [-0.1, -0.05) is 0 Å². The fourth-order valence-corrected chi connectivity index (χ4v) is 2.57. The van der Waals surface area contributed by atoms with Gasteiger partial charge in [0.25, 0.3) is 0 Å². The molecule has 0 amide bonds. The van der Waals surface area contributed by atoms with Crippen LogP contribution in [0.25, 0.3) is 0 Å². The smallest absolute Gasteiger partial charge is 0.229 e. The van der Waals surface area contributed by atoms with Crippen molar-refractivity contribution in [2.75, 3.05) is 38.0 Å². The van der Waals surface area contributed by atoms with Crippen LogP contribution in [0.2, 0.25) is 0 Å². The van der Waals surface area contributed by atoms with Crippen molar-refractivity contribution < 1.29 is 14.2 Å². The summed E-state index contributed by atoms with van der Waals surface area (Å²) < 4.78 is 16.2. The standard InChI is InChI=1S/C17H22N4O3/c1-22-12-5-6-15(23-2)14(10-12)20-17-18-8-7-16(21-17)19-11-13-4-3-9-24-13/h5-8,10,13H,3-4,9,11H2,1-2H3,(H2,18,19,20,21). The van der Waals surface area contributed by atoms with E-state index in [0.29, 0.717) is 11.7 Å². The average molecular weight is 330 g/mol. The predicted octanol–water partition coefficient (Wildman–Crippen LogP) is 2.83. The highest BCUT2D eigenvalue weighted by Crippen LogP contribution is 2.30. The quantitative estimate of drug-likeness (QED) is 0.808. The normalized spacial score (nSPS) is 16.7. The molecule has 0 aliphatic carbocycles. The first-order chi connectivity index (χ1) is 11.8. The molecule has 1 atom stereocenters. The van der Waals surface area contributed by atoms with Crippen molar-refractivity contribution in [3.8, 4) is 11.5 Å². The molecule has 1 aromatic heterocycles. The maximum atomic E-state index is 5.60. The summed E-state index contributed by atoms with van der Waals surface area (Å²) in [4.78, 5) is 8.73. The highest BCUT2D eigenvalue weighted by molar-refractivity contribution is 5.65. The Kier molecular flexibility index (Phi) is 5.32. The van der Waals surface area contributed by atoms with Crippen molar-refractivity contribution in [1.29, 1.82) is 0 Å². The molecule has 3 rings (SSSR count). The van der Waals surface area contributed by atoms with Gasteiger partial charge in [0.1, 0.15) is 17.3 Å². The van der Waals surface area contributed by atoms with Crippen LogP contribution in [0.3, 0.4) is 0 Å². The second kappa shape index (κ2) is 7.83. The number of methoxy groups -OCH3 is 2. The highest BCUT2D eigenvalue weighted by atomic mass is 16.5. The van der Waals surface area contributed by atoms with E-state index in [2.05, 4.69) is 20.6 Å². The van der Waals surface area contributed by atoms with E-state index in [4.69, 9.17) is 14.2 Å². The lowest BCUT2D eigenvalue weighted by Gasteiger charge is -2.13. The van der Waals surface area contributed by atoms with Gasteiger partial charge >= 0.3 is 0 Å². The maximum Gasteiger partial charge on any atom is 0.229 e. The van der Waals surface area contributed by atoms with E-state index >= 15 is 0 Å². The van der Waals surface area contributed by atoms with Crippen molar-refractivity contribution in [3.63, 3.8) is 0 Å². The van der Waals surface area contributed by atoms with Crippen LogP contribution < -0.4 is 20.1 Å². The van der Waals surface area contributed by atoms with Crippen LogP contribution in [0.1, 0.15) is 12.8 Å². The fraction of sp³-hybridized carbons (Fsp3) is 0.412. The van der Waals surface area contributed by atoms with Gasteiger partial charge in [0.15, 0.2) is 0 Å². The highest BCUT2D eigenvalue weighted by Gasteiger charge is 2.15. The van der Waals surface area contributed by atoms with E-state index in [0.717, 1.165) is 43.2 Å². The van der Waals surface area contributed by atoms with Gasteiger partial charge in [-0.05, 0) is 31.0 Å². The Morgan fingerprint density at radius 3 is 2.92 bits per heavy atom. The lowest BCUT2D eigenvalue weighted by molar-refractivity contribution is 0.120. The predicted molar refractivity (Wildman–Crippen MR) is 92.3 cm³/mol. The first kappa shape index (κ1) is 16.3. The second-order valence-corrected chi connectivity index (χ2v) is 5.47. The second-order valence-electron chi connectivity index (χ2n) is 5.47. The van der Waals surface area contributed by atoms with E-state index < -0.39 is 0 Å². The Morgan fingerprint density at radius 1 is 1.25 bits per heavy atom. The number of anilines is 3. The zero-order chi connectivity index (χ0) is 16.8. The molecule has 128 valence electrons. The van der Waals surface area contributed by atoms with Gasteiger partial charge in [-0.15, -0.1) is 0 Å². The fourth-order valence-electron chi connectivity index (χ4n) is 2.57. The minimum atomic E-state index is 0.259. The summed E-state index contributed by atoms with van der Waals surface area (Å²) in [7, 11) is 3.24. The number of nitrogens with zero attached hydrogens (tertiary/aromatic N) is 2. The van der Waals surface area contributed by atoms with Crippen LogP contribution in [0.4, 0.5) is 17.5 Å². The maximum absolute atomic E-state index is 5.60. The van der Waals surface area contributed by atoms with Gasteiger partial charge in [-0.25, -0.2) is 4.98 Å². The first-order valence-corrected chi connectivity index (χ1v) is 7.96. The number of rotatable bonds is 7. The molecule has 1 aliphatic rings. The van der Waals surface area contributed by atoms with E-state index in [9.17, 15) is 0 Å². The molecular weight excluding hydrogens is 308 g/mol. The van der Waals surface area contributed by atoms with Gasteiger partial charge in [-0.2, -0.15) is 4.98 Å². The molecule has 2 N–H and O–H groups in total. The third kappa shape index (κ3) is 4.05. The molecule has 7 heteroatoms. The Hall–Kier alpha value is -2.54. The van der Waals surface area contributed by atoms with Gasteiger partial charge in [0.05, 0.1) is 26.0 Å². The summed E-state index contributed by atoms with van der Waals surface area (Å²) in [6, 6.07) is 7.35. The monoisotopic (exact) mass is 330 g/mol. The molecule has 0 radical (unpaired) electrons. The lowest BCUT2D eigenvalue weighted by atomic mass is 10.2. The van der Waals surface area contributed by atoms with Crippen LogP contribution in [0.5, 0.6) is 11.5 Å². The zero-order valence-electron chi connectivity index (χ0n) is 13.9. The van der Waals surface area contributed by atoms with Gasteiger partial charge < -0.3 is 24.8 Å². The largest absolute Gasteiger partial charge is 0.497 e. The Morgan fingerprint density at radius 2 is 2.17 bits per heavy atom. The zero-order valence-corrected chi connectivity index (χ0v) is 13.9. The molecule has 7 nitrogen and oxygen atoms in total. The topological polar surface area (TPSA) is 77.5 Å². The summed E-state index contributed by atoms with van der Waals surface area (Å²) >= 11 is 0. The van der Waals surface area contributed by atoms with Crippen LogP contribution in [-0.4, -0.2) is 43.4 Å². The number of ether oxygens (including phenoxy) is 3. The molecule has 1 aliphatic heterocycles. The molecule has 0 spiro atoms. The summed E-state index contributed by atoms with van der Waals surface area (Å²) in [5.41, 5.74) is 0.744. The van der Waals surface area contributed by atoms with Crippen LogP contribution in [-0.2, 0) is 4.74 Å². The SMILES string of the molecule is COc1ccc(OC)c(Nc2nccc(NCC3CCCO3)n2)c1. The van der Waals surface area contributed by atoms with Gasteiger partial charge in [0, 0.05) is 25.4 Å². The molecule has 0 bridgehead atoms. The summed E-state index contributed by atoms with van der Waals surface area (Å²) in [6.07, 6.45) is 4.18. The van der Waals surface area contributed by atoms with Crippen molar-refractivity contribution in [2.45, 2.75) is 18.9 Å². The van der Waals surface area contributed by atoms with E-state index in [1.54, 1.807) is 20.4 Å². The molecule has 0 saturated carbocycles. The molecule has 1 fully saturated rings. The molecule has 2 aromatic rings. The molecule has 1 unspecified atom stereocenters. The molecule has 2 heterocycles. The third-order valence-electron chi connectivity index (χ3n) is 3.84. The third-order valence-corrected chi connectivity index (χ3v) is 3.84. The van der Waals surface area contributed by atoms with E-state index in [-0.39, 0.29) is 6.10 Å². The molecule has 1 aromatic carbocycles. The number of hydrogen-bond acceptors (Lipinski definition) is 7. The van der Waals surface area contributed by atoms with Crippen molar-refractivity contribution in [2.24, 2.45) is 0 Å². The average Bonchev–Trinajstić information content (AvgIpc) is 3.14. The van der Waals surface area contributed by atoms with Crippen LogP contribution in [0.15, 0.2) is 30.5 Å².